The summed E-state index contributed by atoms with van der Waals surface area (Å²) in [5, 5.41) is 19.3. The molecule has 0 fully saturated rings. The topological polar surface area (TPSA) is 74.6 Å². The van der Waals surface area contributed by atoms with E-state index >= 15 is 0 Å². The Morgan fingerprint density at radius 3 is 1.68 bits per heavy atom. The van der Waals surface area contributed by atoms with E-state index < -0.39 is 9.84 Å². The fourth-order valence-corrected chi connectivity index (χ4v) is 2.90. The predicted octanol–water partition coefficient (Wildman–Crippen LogP) is 1.99. The molecule has 0 amide bonds. The third-order valence-electron chi connectivity index (χ3n) is 3.43. The summed E-state index contributed by atoms with van der Waals surface area (Å²) in [5.41, 5.74) is 2.70. The number of aliphatic hydroxyl groups is 2. The van der Waals surface area contributed by atoms with Crippen LogP contribution < -0.4 is 0 Å². The zero-order valence-corrected chi connectivity index (χ0v) is 13.0. The third-order valence-corrected chi connectivity index (χ3v) is 4.56. The van der Waals surface area contributed by atoms with Crippen molar-refractivity contribution in [3.05, 3.63) is 65.7 Å². The average molecular weight is 318 g/mol. The van der Waals surface area contributed by atoms with Gasteiger partial charge in [-0.25, -0.2) is 8.42 Å². The maximum absolute atomic E-state index is 11.5. The number of hydrogen-bond donors (Lipinski definition) is 2. The number of rotatable bonds is 5. The van der Waals surface area contributed by atoms with Crippen LogP contribution in [0.5, 0.6) is 0 Å². The van der Waals surface area contributed by atoms with Crippen LogP contribution in [0.25, 0.3) is 11.1 Å². The highest BCUT2D eigenvalue weighted by atomic mass is 32.2. The van der Waals surface area contributed by atoms with Gasteiger partial charge in [0.2, 0.25) is 0 Å². The Morgan fingerprint density at radius 1 is 0.818 bits per heavy atom. The minimum Gasteiger partial charge on any atom is -0.392 e. The highest BCUT2D eigenvalue weighted by molar-refractivity contribution is 7.90. The molecular formula is C17H18O4S. The molecule has 0 unspecified atom stereocenters. The summed E-state index contributed by atoms with van der Waals surface area (Å²) in [7, 11) is -3.26. The maximum Gasteiger partial charge on any atom is 0.175 e. The Labute approximate surface area is 130 Å². The van der Waals surface area contributed by atoms with Gasteiger partial charge >= 0.3 is 0 Å². The molecule has 0 aromatic heterocycles. The fraction of sp³-hybridized carbons (Fsp3) is 0.176. The number of sulfone groups is 1. The van der Waals surface area contributed by atoms with Crippen molar-refractivity contribution in [1.82, 2.24) is 0 Å². The van der Waals surface area contributed by atoms with Gasteiger partial charge < -0.3 is 10.2 Å². The molecule has 2 rings (SSSR count). The van der Waals surface area contributed by atoms with Gasteiger partial charge in [0.05, 0.1) is 18.1 Å². The zero-order chi connectivity index (χ0) is 16.2. The SMILES string of the molecule is CS(=O)(=O)c1ccc(/C(CO)=C(\CO)c2ccccc2)cc1. The van der Waals surface area contributed by atoms with Gasteiger partial charge in [-0.3, -0.25) is 0 Å². The van der Waals surface area contributed by atoms with Crippen LogP contribution in [0.2, 0.25) is 0 Å². The monoisotopic (exact) mass is 318 g/mol. The van der Waals surface area contributed by atoms with Gasteiger partial charge in [0.15, 0.2) is 9.84 Å². The lowest BCUT2D eigenvalue weighted by atomic mass is 9.95. The van der Waals surface area contributed by atoms with Crippen molar-refractivity contribution in [2.24, 2.45) is 0 Å². The Balaban J connectivity index is 2.53. The largest absolute Gasteiger partial charge is 0.392 e. The van der Waals surface area contributed by atoms with Crippen LogP contribution in [0.15, 0.2) is 59.5 Å². The van der Waals surface area contributed by atoms with Crippen molar-refractivity contribution < 1.29 is 18.6 Å². The van der Waals surface area contributed by atoms with Crippen LogP contribution in [0.4, 0.5) is 0 Å². The Hall–Kier alpha value is -1.95. The van der Waals surface area contributed by atoms with Crippen LogP contribution in [0.1, 0.15) is 11.1 Å². The van der Waals surface area contributed by atoms with Crippen molar-refractivity contribution >= 4 is 21.0 Å². The molecule has 116 valence electrons. The highest BCUT2D eigenvalue weighted by Crippen LogP contribution is 2.26. The smallest absolute Gasteiger partial charge is 0.175 e. The van der Waals surface area contributed by atoms with Gasteiger partial charge in [0, 0.05) is 6.26 Å². The standard InChI is InChI=1S/C17H18O4S/c1-22(20,21)15-9-7-14(8-10-15)17(12-19)16(11-18)13-5-3-2-4-6-13/h2-10,18-19H,11-12H2,1H3/b17-16+. The van der Waals surface area contributed by atoms with E-state index in [2.05, 4.69) is 0 Å². The Morgan fingerprint density at radius 2 is 1.27 bits per heavy atom. The van der Waals surface area contributed by atoms with Crippen molar-refractivity contribution in [3.63, 3.8) is 0 Å². The normalized spacial score (nSPS) is 12.9. The first-order valence-corrected chi connectivity index (χ1v) is 8.66. The third kappa shape index (κ3) is 3.62. The maximum atomic E-state index is 11.5. The summed E-state index contributed by atoms with van der Waals surface area (Å²) in [6.07, 6.45) is 1.15. The molecule has 0 bridgehead atoms. The molecule has 0 aliphatic rings. The van der Waals surface area contributed by atoms with Crippen LogP contribution in [-0.4, -0.2) is 38.1 Å². The molecule has 2 N–H and O–H groups in total. The molecule has 0 saturated heterocycles. The van der Waals surface area contributed by atoms with E-state index in [4.69, 9.17) is 0 Å². The molecule has 5 heteroatoms. The molecule has 0 saturated carbocycles. The number of hydrogen-bond acceptors (Lipinski definition) is 4. The molecule has 0 heterocycles. The van der Waals surface area contributed by atoms with Gasteiger partial charge in [0.25, 0.3) is 0 Å². The van der Waals surface area contributed by atoms with Crippen molar-refractivity contribution in [2.75, 3.05) is 19.5 Å². The van der Waals surface area contributed by atoms with Gasteiger partial charge in [-0.05, 0) is 34.4 Å². The summed E-state index contributed by atoms with van der Waals surface area (Å²) < 4.78 is 23.0. The van der Waals surface area contributed by atoms with Crippen LogP contribution in [0.3, 0.4) is 0 Å². The van der Waals surface area contributed by atoms with E-state index in [0.717, 1.165) is 11.8 Å². The lowest BCUT2D eigenvalue weighted by Crippen LogP contribution is -2.02. The second-order valence-corrected chi connectivity index (χ2v) is 6.95. The zero-order valence-electron chi connectivity index (χ0n) is 12.2. The van der Waals surface area contributed by atoms with Gasteiger partial charge in [-0.15, -0.1) is 0 Å². The van der Waals surface area contributed by atoms with Gasteiger partial charge in [-0.2, -0.15) is 0 Å². The quantitative estimate of drug-likeness (QED) is 0.827. The summed E-state index contributed by atoms with van der Waals surface area (Å²) in [6.45, 7) is -0.462. The Kier molecular flexibility index (Phi) is 5.13. The van der Waals surface area contributed by atoms with Gasteiger partial charge in [-0.1, -0.05) is 42.5 Å². The first kappa shape index (κ1) is 16.4. The second kappa shape index (κ2) is 6.87. The van der Waals surface area contributed by atoms with Gasteiger partial charge in [0.1, 0.15) is 0 Å². The molecule has 22 heavy (non-hydrogen) atoms. The molecule has 2 aromatic carbocycles. The molecule has 4 nitrogen and oxygen atoms in total. The van der Waals surface area contributed by atoms with E-state index in [1.165, 1.54) is 12.1 Å². The summed E-state index contributed by atoms with van der Waals surface area (Å²) >= 11 is 0. The van der Waals surface area contributed by atoms with Crippen LogP contribution >= 0.6 is 0 Å². The predicted molar refractivity (Wildman–Crippen MR) is 87.0 cm³/mol. The van der Waals surface area contributed by atoms with Crippen molar-refractivity contribution in [1.29, 1.82) is 0 Å². The average Bonchev–Trinajstić information content (AvgIpc) is 2.52. The van der Waals surface area contributed by atoms with Crippen LogP contribution in [-0.2, 0) is 9.84 Å². The van der Waals surface area contributed by atoms with E-state index in [1.807, 2.05) is 30.3 Å². The molecule has 0 aliphatic heterocycles. The molecule has 0 radical (unpaired) electrons. The van der Waals surface area contributed by atoms with Crippen molar-refractivity contribution in [2.45, 2.75) is 4.90 Å². The van der Waals surface area contributed by atoms with E-state index in [0.29, 0.717) is 16.7 Å². The number of benzene rings is 2. The first-order chi connectivity index (χ1) is 10.5. The molecule has 0 aliphatic carbocycles. The molecule has 2 aromatic rings. The van der Waals surface area contributed by atoms with E-state index in [9.17, 15) is 18.6 Å². The molecular weight excluding hydrogens is 300 g/mol. The minimum atomic E-state index is -3.26. The number of aliphatic hydroxyl groups excluding tert-OH is 2. The van der Waals surface area contributed by atoms with Crippen LogP contribution in [0, 0.1) is 0 Å². The van der Waals surface area contributed by atoms with Crippen molar-refractivity contribution in [3.8, 4) is 0 Å². The van der Waals surface area contributed by atoms with E-state index in [1.54, 1.807) is 12.1 Å². The first-order valence-electron chi connectivity index (χ1n) is 6.77. The molecule has 0 atom stereocenters. The summed E-state index contributed by atoms with van der Waals surface area (Å²) in [4.78, 5) is 0.221. The highest BCUT2D eigenvalue weighted by Gasteiger charge is 2.12. The Bertz CT molecular complexity index is 760. The minimum absolute atomic E-state index is 0.215. The second-order valence-electron chi connectivity index (χ2n) is 4.94. The molecule has 0 spiro atoms. The fourth-order valence-electron chi connectivity index (χ4n) is 2.26. The summed E-state index contributed by atoms with van der Waals surface area (Å²) in [5.74, 6) is 0. The summed E-state index contributed by atoms with van der Waals surface area (Å²) in [6, 6.07) is 15.6. The lowest BCUT2D eigenvalue weighted by Gasteiger charge is -2.13. The van der Waals surface area contributed by atoms with E-state index in [-0.39, 0.29) is 18.1 Å². The lowest BCUT2D eigenvalue weighted by molar-refractivity contribution is 0.340.